The van der Waals surface area contributed by atoms with E-state index in [-0.39, 0.29) is 18.1 Å². The SMILES string of the molecule is COc1cc(CNC2CCOCC2)ccc1-c1cc(Nc2cnc(C#N)cn2)n[nH]1.Cl. The van der Waals surface area contributed by atoms with Gasteiger partial charge in [-0.1, -0.05) is 6.07 Å². The summed E-state index contributed by atoms with van der Waals surface area (Å²) >= 11 is 0. The third-order valence-electron chi connectivity index (χ3n) is 4.97. The second-order valence-electron chi connectivity index (χ2n) is 6.99. The molecule has 0 radical (unpaired) electrons. The number of nitrogens with zero attached hydrogens (tertiary/aromatic N) is 4. The van der Waals surface area contributed by atoms with E-state index in [1.165, 1.54) is 12.4 Å². The number of anilines is 2. The number of aromatic nitrogens is 4. The van der Waals surface area contributed by atoms with Crippen molar-refractivity contribution in [1.29, 1.82) is 5.26 Å². The highest BCUT2D eigenvalue weighted by molar-refractivity contribution is 5.85. The summed E-state index contributed by atoms with van der Waals surface area (Å²) in [5, 5.41) is 22.8. The first-order valence-corrected chi connectivity index (χ1v) is 9.78. The number of hydrogen-bond donors (Lipinski definition) is 3. The molecule has 162 valence electrons. The van der Waals surface area contributed by atoms with E-state index < -0.39 is 0 Å². The molecule has 1 fully saturated rings. The largest absolute Gasteiger partial charge is 0.496 e. The van der Waals surface area contributed by atoms with Gasteiger partial charge in [-0.15, -0.1) is 12.4 Å². The van der Waals surface area contributed by atoms with Crippen LogP contribution in [0.1, 0.15) is 24.1 Å². The Morgan fingerprint density at radius 2 is 2.03 bits per heavy atom. The first-order chi connectivity index (χ1) is 14.7. The first kappa shape index (κ1) is 22.5. The Labute approximate surface area is 186 Å². The Kier molecular flexibility index (Phi) is 7.78. The minimum absolute atomic E-state index is 0. The monoisotopic (exact) mass is 441 g/mol. The maximum Gasteiger partial charge on any atom is 0.158 e. The van der Waals surface area contributed by atoms with Crippen LogP contribution >= 0.6 is 12.4 Å². The summed E-state index contributed by atoms with van der Waals surface area (Å²) in [5.41, 5.74) is 3.16. The van der Waals surface area contributed by atoms with Crippen molar-refractivity contribution >= 4 is 24.0 Å². The van der Waals surface area contributed by atoms with Crippen molar-refractivity contribution < 1.29 is 9.47 Å². The van der Waals surface area contributed by atoms with Crippen LogP contribution in [0, 0.1) is 11.3 Å². The summed E-state index contributed by atoms with van der Waals surface area (Å²) in [5.74, 6) is 1.87. The number of benzene rings is 1. The molecule has 31 heavy (non-hydrogen) atoms. The number of nitriles is 1. The lowest BCUT2D eigenvalue weighted by Gasteiger charge is -2.23. The van der Waals surface area contributed by atoms with Crippen molar-refractivity contribution in [2.24, 2.45) is 0 Å². The highest BCUT2D eigenvalue weighted by atomic mass is 35.5. The van der Waals surface area contributed by atoms with Crippen LogP contribution in [-0.4, -0.2) is 46.5 Å². The molecule has 0 unspecified atom stereocenters. The van der Waals surface area contributed by atoms with Crippen LogP contribution in [0.15, 0.2) is 36.7 Å². The van der Waals surface area contributed by atoms with E-state index in [1.807, 2.05) is 24.3 Å². The van der Waals surface area contributed by atoms with Gasteiger partial charge in [0.25, 0.3) is 0 Å². The molecule has 9 nitrogen and oxygen atoms in total. The van der Waals surface area contributed by atoms with Crippen molar-refractivity contribution in [3.63, 3.8) is 0 Å². The average Bonchev–Trinajstić information content (AvgIpc) is 3.27. The second kappa shape index (κ2) is 10.7. The van der Waals surface area contributed by atoms with Crippen LogP contribution in [0.4, 0.5) is 11.6 Å². The predicted molar refractivity (Wildman–Crippen MR) is 119 cm³/mol. The van der Waals surface area contributed by atoms with Gasteiger partial charge in [-0.3, -0.25) is 5.10 Å². The average molecular weight is 442 g/mol. The van der Waals surface area contributed by atoms with E-state index in [0.717, 1.165) is 55.2 Å². The fraction of sp³-hybridized carbons (Fsp3) is 0.333. The quantitative estimate of drug-likeness (QED) is 0.511. The zero-order valence-electron chi connectivity index (χ0n) is 17.1. The molecule has 2 aromatic heterocycles. The van der Waals surface area contributed by atoms with Crippen molar-refractivity contribution in [2.75, 3.05) is 25.6 Å². The Morgan fingerprint density at radius 3 is 2.74 bits per heavy atom. The van der Waals surface area contributed by atoms with Crippen LogP contribution in [0.25, 0.3) is 11.3 Å². The number of ether oxygens (including phenoxy) is 2. The molecular formula is C21H24ClN7O2. The highest BCUT2D eigenvalue weighted by Crippen LogP contribution is 2.31. The maximum absolute atomic E-state index is 8.81. The van der Waals surface area contributed by atoms with Gasteiger partial charge in [-0.25, -0.2) is 9.97 Å². The molecule has 1 aliphatic heterocycles. The van der Waals surface area contributed by atoms with Crippen molar-refractivity contribution in [3.05, 3.63) is 47.9 Å². The van der Waals surface area contributed by atoms with Gasteiger partial charge in [0.2, 0.25) is 0 Å². The van der Waals surface area contributed by atoms with Crippen LogP contribution in [0.3, 0.4) is 0 Å². The molecule has 0 amide bonds. The smallest absolute Gasteiger partial charge is 0.158 e. The minimum atomic E-state index is 0. The van der Waals surface area contributed by atoms with Gasteiger partial charge in [0, 0.05) is 37.4 Å². The lowest BCUT2D eigenvalue weighted by molar-refractivity contribution is 0.0776. The number of methoxy groups -OCH3 is 1. The van der Waals surface area contributed by atoms with Gasteiger partial charge in [-0.05, 0) is 30.5 Å². The molecule has 0 bridgehead atoms. The summed E-state index contributed by atoms with van der Waals surface area (Å²) in [4.78, 5) is 8.13. The molecule has 10 heteroatoms. The maximum atomic E-state index is 8.81. The van der Waals surface area contributed by atoms with Crippen molar-refractivity contribution in [3.8, 4) is 23.1 Å². The number of aromatic amines is 1. The van der Waals surface area contributed by atoms with Gasteiger partial charge < -0.3 is 20.1 Å². The zero-order valence-corrected chi connectivity index (χ0v) is 17.9. The van der Waals surface area contributed by atoms with Crippen molar-refractivity contribution in [2.45, 2.75) is 25.4 Å². The zero-order chi connectivity index (χ0) is 20.8. The summed E-state index contributed by atoms with van der Waals surface area (Å²) in [6.45, 7) is 2.43. The number of hydrogen-bond acceptors (Lipinski definition) is 8. The third-order valence-corrected chi connectivity index (χ3v) is 4.97. The normalized spacial score (nSPS) is 13.8. The van der Waals surface area contributed by atoms with E-state index in [1.54, 1.807) is 7.11 Å². The number of halogens is 1. The van der Waals surface area contributed by atoms with E-state index in [9.17, 15) is 0 Å². The van der Waals surface area contributed by atoms with Gasteiger partial charge in [-0.2, -0.15) is 10.4 Å². The Morgan fingerprint density at radius 1 is 1.19 bits per heavy atom. The Balaban J connectivity index is 0.00000272. The molecule has 1 aromatic carbocycles. The van der Waals surface area contributed by atoms with Crippen LogP contribution in [0.2, 0.25) is 0 Å². The summed E-state index contributed by atoms with van der Waals surface area (Å²) < 4.78 is 11.0. The van der Waals surface area contributed by atoms with Crippen LogP contribution < -0.4 is 15.4 Å². The van der Waals surface area contributed by atoms with Gasteiger partial charge in [0.15, 0.2) is 11.5 Å². The topological polar surface area (TPSA) is 121 Å². The summed E-state index contributed by atoms with van der Waals surface area (Å²) in [6.07, 6.45) is 4.99. The van der Waals surface area contributed by atoms with E-state index >= 15 is 0 Å². The minimum Gasteiger partial charge on any atom is -0.496 e. The molecule has 0 atom stereocenters. The fourth-order valence-electron chi connectivity index (χ4n) is 3.34. The standard InChI is InChI=1S/C21H23N7O2.ClH/c1-29-19-8-14(11-23-15-4-6-30-7-5-15)2-3-17(19)18-9-20(28-27-18)26-21-13-24-16(10-22)12-25-21;/h2-3,8-9,12-13,15,23H,4-7,11H2,1H3,(H2,25,26,27,28);1H. The molecule has 4 rings (SSSR count). The van der Waals surface area contributed by atoms with Gasteiger partial charge in [0.1, 0.15) is 17.6 Å². The number of nitrogens with one attached hydrogen (secondary N) is 3. The Hall–Kier alpha value is -3.19. The molecule has 3 aromatic rings. The van der Waals surface area contributed by atoms with Gasteiger partial charge >= 0.3 is 0 Å². The predicted octanol–water partition coefficient (Wildman–Crippen LogP) is 3.18. The lowest BCUT2D eigenvalue weighted by atomic mass is 10.1. The van der Waals surface area contributed by atoms with E-state index in [2.05, 4.69) is 36.9 Å². The molecule has 1 saturated heterocycles. The van der Waals surface area contributed by atoms with E-state index in [0.29, 0.717) is 17.7 Å². The molecule has 3 heterocycles. The van der Waals surface area contributed by atoms with Crippen LogP contribution in [-0.2, 0) is 11.3 Å². The third kappa shape index (κ3) is 5.70. The highest BCUT2D eigenvalue weighted by Gasteiger charge is 2.14. The lowest BCUT2D eigenvalue weighted by Crippen LogP contribution is -2.34. The summed E-state index contributed by atoms with van der Waals surface area (Å²) in [6, 6.07) is 10.5. The molecule has 3 N–H and O–H groups in total. The van der Waals surface area contributed by atoms with Crippen molar-refractivity contribution in [1.82, 2.24) is 25.5 Å². The summed E-state index contributed by atoms with van der Waals surface area (Å²) in [7, 11) is 1.66. The first-order valence-electron chi connectivity index (χ1n) is 9.78. The van der Waals surface area contributed by atoms with Gasteiger partial charge in [0.05, 0.1) is 25.2 Å². The fourth-order valence-corrected chi connectivity index (χ4v) is 3.34. The molecule has 0 aliphatic carbocycles. The molecular weight excluding hydrogens is 418 g/mol. The van der Waals surface area contributed by atoms with Crippen LogP contribution in [0.5, 0.6) is 5.75 Å². The molecule has 0 saturated carbocycles. The Bertz CT molecular complexity index is 1030. The molecule has 0 spiro atoms. The molecule has 1 aliphatic rings. The van der Waals surface area contributed by atoms with E-state index in [4.69, 9.17) is 14.7 Å². The number of H-pyrrole nitrogens is 1. The second-order valence-corrected chi connectivity index (χ2v) is 6.99. The number of rotatable bonds is 7.